The van der Waals surface area contributed by atoms with Crippen LogP contribution in [0.15, 0.2) is 53.4 Å². The number of benzene rings is 2. The van der Waals surface area contributed by atoms with E-state index >= 15 is 0 Å². The van der Waals surface area contributed by atoms with Gasteiger partial charge in [0.05, 0.1) is 24.8 Å². The SMILES string of the molecule is COC(=O)c1nnn(-c2ccc(S(N)(=O)=O)cc2)c1C(=O)c1ccc(OC)cc1. The lowest BCUT2D eigenvalue weighted by atomic mass is 10.1. The van der Waals surface area contributed by atoms with Gasteiger partial charge >= 0.3 is 5.97 Å². The molecular formula is C18H16N4O6S. The van der Waals surface area contributed by atoms with E-state index in [0.29, 0.717) is 11.4 Å². The van der Waals surface area contributed by atoms with Crippen molar-refractivity contribution >= 4 is 21.8 Å². The molecule has 0 radical (unpaired) electrons. The van der Waals surface area contributed by atoms with E-state index < -0.39 is 21.8 Å². The minimum atomic E-state index is -3.89. The number of aromatic nitrogens is 3. The molecule has 29 heavy (non-hydrogen) atoms. The molecule has 0 bridgehead atoms. The van der Waals surface area contributed by atoms with Crippen molar-refractivity contribution in [2.24, 2.45) is 5.14 Å². The van der Waals surface area contributed by atoms with E-state index in [1.165, 1.54) is 43.5 Å². The topological polar surface area (TPSA) is 143 Å². The Bertz CT molecular complexity index is 1170. The predicted octanol–water partition coefficient (Wildman–Crippen LogP) is 0.941. The summed E-state index contributed by atoms with van der Waals surface area (Å²) in [6, 6.07) is 11.5. The van der Waals surface area contributed by atoms with Crippen molar-refractivity contribution in [3.63, 3.8) is 0 Å². The van der Waals surface area contributed by atoms with Crippen LogP contribution < -0.4 is 9.88 Å². The van der Waals surface area contributed by atoms with Gasteiger partial charge in [-0.05, 0) is 48.5 Å². The molecule has 10 nitrogen and oxygen atoms in total. The molecule has 0 aliphatic heterocycles. The monoisotopic (exact) mass is 416 g/mol. The highest BCUT2D eigenvalue weighted by atomic mass is 32.2. The van der Waals surface area contributed by atoms with Crippen molar-refractivity contribution in [3.8, 4) is 11.4 Å². The van der Waals surface area contributed by atoms with Crippen molar-refractivity contribution in [1.29, 1.82) is 0 Å². The van der Waals surface area contributed by atoms with Gasteiger partial charge in [-0.1, -0.05) is 5.21 Å². The number of hydrogen-bond donors (Lipinski definition) is 1. The van der Waals surface area contributed by atoms with Crippen LogP contribution in [0.25, 0.3) is 5.69 Å². The number of carbonyl (C=O) groups excluding carboxylic acids is 2. The molecule has 1 aromatic heterocycles. The Kier molecular flexibility index (Phi) is 5.43. The van der Waals surface area contributed by atoms with Gasteiger partial charge in [0.15, 0.2) is 0 Å². The number of nitrogens with zero attached hydrogens (tertiary/aromatic N) is 3. The van der Waals surface area contributed by atoms with Gasteiger partial charge < -0.3 is 9.47 Å². The van der Waals surface area contributed by atoms with Gasteiger partial charge in [0.2, 0.25) is 21.5 Å². The third-order valence-corrected chi connectivity index (χ3v) is 4.96. The number of nitrogens with two attached hydrogens (primary N) is 1. The third-order valence-electron chi connectivity index (χ3n) is 4.03. The van der Waals surface area contributed by atoms with E-state index in [-0.39, 0.29) is 21.8 Å². The lowest BCUT2D eigenvalue weighted by Gasteiger charge is -2.08. The summed E-state index contributed by atoms with van der Waals surface area (Å²) in [5.41, 5.74) is 0.159. The van der Waals surface area contributed by atoms with Crippen LogP contribution in [0.4, 0.5) is 0 Å². The predicted molar refractivity (Wildman–Crippen MR) is 100 cm³/mol. The summed E-state index contributed by atoms with van der Waals surface area (Å²) >= 11 is 0. The number of methoxy groups -OCH3 is 2. The van der Waals surface area contributed by atoms with Crippen molar-refractivity contribution < 1.29 is 27.5 Å². The second-order valence-corrected chi connectivity index (χ2v) is 7.35. The number of esters is 1. The van der Waals surface area contributed by atoms with Gasteiger partial charge in [-0.25, -0.2) is 23.0 Å². The zero-order valence-electron chi connectivity index (χ0n) is 15.4. The van der Waals surface area contributed by atoms with Crippen molar-refractivity contribution in [3.05, 3.63) is 65.5 Å². The maximum atomic E-state index is 13.1. The summed E-state index contributed by atoms with van der Waals surface area (Å²) in [4.78, 5) is 25.1. The standard InChI is InChI=1S/C18H16N4O6S/c1-27-13-7-3-11(4-8-13)17(23)16-15(18(24)28-2)20-21-22(16)12-5-9-14(10-6-12)29(19,25)26/h3-10H,1-2H3,(H2,19,25,26). The molecule has 2 aromatic carbocycles. The smallest absolute Gasteiger partial charge is 0.361 e. The van der Waals surface area contributed by atoms with Gasteiger partial charge in [-0.3, -0.25) is 4.79 Å². The van der Waals surface area contributed by atoms with Crippen LogP contribution in [-0.2, 0) is 14.8 Å². The Balaban J connectivity index is 2.12. The van der Waals surface area contributed by atoms with E-state index in [9.17, 15) is 18.0 Å². The molecule has 0 saturated heterocycles. The highest BCUT2D eigenvalue weighted by molar-refractivity contribution is 7.89. The molecule has 0 saturated carbocycles. The van der Waals surface area contributed by atoms with Gasteiger partial charge in [0, 0.05) is 5.56 Å². The van der Waals surface area contributed by atoms with E-state index in [1.54, 1.807) is 12.1 Å². The summed E-state index contributed by atoms with van der Waals surface area (Å²) in [6.45, 7) is 0. The van der Waals surface area contributed by atoms with Crippen molar-refractivity contribution in [2.45, 2.75) is 4.90 Å². The minimum absolute atomic E-state index is 0.113. The molecule has 0 amide bonds. The van der Waals surface area contributed by atoms with E-state index in [0.717, 1.165) is 11.8 Å². The normalized spacial score (nSPS) is 11.1. The fourth-order valence-electron chi connectivity index (χ4n) is 2.56. The Morgan fingerprint density at radius 3 is 2.14 bits per heavy atom. The molecule has 0 aliphatic rings. The summed E-state index contributed by atoms with van der Waals surface area (Å²) in [7, 11) is -1.24. The zero-order chi connectivity index (χ0) is 21.2. The maximum absolute atomic E-state index is 13.1. The molecule has 0 spiro atoms. The molecule has 0 aliphatic carbocycles. The van der Waals surface area contributed by atoms with Gasteiger partial charge in [-0.15, -0.1) is 5.10 Å². The van der Waals surface area contributed by atoms with E-state index in [4.69, 9.17) is 9.88 Å². The summed E-state index contributed by atoms with van der Waals surface area (Å²) < 4.78 is 33.8. The first-order valence-corrected chi connectivity index (χ1v) is 9.67. The van der Waals surface area contributed by atoms with Gasteiger partial charge in [0.1, 0.15) is 11.4 Å². The van der Waals surface area contributed by atoms with Crippen molar-refractivity contribution in [2.75, 3.05) is 14.2 Å². The number of carbonyl (C=O) groups is 2. The van der Waals surface area contributed by atoms with Gasteiger partial charge in [-0.2, -0.15) is 0 Å². The molecular weight excluding hydrogens is 400 g/mol. The van der Waals surface area contributed by atoms with Crippen LogP contribution in [0.5, 0.6) is 5.75 Å². The first-order valence-electron chi connectivity index (χ1n) is 8.12. The molecule has 0 unspecified atom stereocenters. The lowest BCUT2D eigenvalue weighted by Crippen LogP contribution is -2.16. The van der Waals surface area contributed by atoms with E-state index in [2.05, 4.69) is 15.0 Å². The summed E-state index contributed by atoms with van der Waals surface area (Å²) in [5.74, 6) is -0.817. The third kappa shape index (κ3) is 4.00. The number of rotatable bonds is 6. The largest absolute Gasteiger partial charge is 0.497 e. The number of hydrogen-bond acceptors (Lipinski definition) is 8. The fraction of sp³-hybridized carbons (Fsp3) is 0.111. The summed E-state index contributed by atoms with van der Waals surface area (Å²) in [5, 5.41) is 12.7. The number of sulfonamides is 1. The Morgan fingerprint density at radius 1 is 1.00 bits per heavy atom. The highest BCUT2D eigenvalue weighted by Crippen LogP contribution is 2.21. The van der Waals surface area contributed by atoms with Crippen LogP contribution in [0.3, 0.4) is 0 Å². The molecule has 1 heterocycles. The molecule has 0 fully saturated rings. The van der Waals surface area contributed by atoms with Crippen LogP contribution in [0.2, 0.25) is 0 Å². The first-order chi connectivity index (χ1) is 13.8. The second-order valence-electron chi connectivity index (χ2n) is 5.79. The zero-order valence-corrected chi connectivity index (χ0v) is 16.2. The maximum Gasteiger partial charge on any atom is 0.361 e. The summed E-state index contributed by atoms with van der Waals surface area (Å²) in [6.07, 6.45) is 0. The lowest BCUT2D eigenvalue weighted by molar-refractivity contribution is 0.0590. The van der Waals surface area contributed by atoms with Crippen LogP contribution in [0.1, 0.15) is 26.5 Å². The first kappa shape index (κ1) is 20.2. The molecule has 150 valence electrons. The highest BCUT2D eigenvalue weighted by Gasteiger charge is 2.28. The molecule has 11 heteroatoms. The molecule has 2 N–H and O–H groups in total. The number of ketones is 1. The van der Waals surface area contributed by atoms with Crippen molar-refractivity contribution in [1.82, 2.24) is 15.0 Å². The molecule has 0 atom stereocenters. The molecule has 3 rings (SSSR count). The quantitative estimate of drug-likeness (QED) is 0.462. The average Bonchev–Trinajstić information content (AvgIpc) is 3.17. The van der Waals surface area contributed by atoms with E-state index in [1.807, 2.05) is 0 Å². The second kappa shape index (κ2) is 7.81. The minimum Gasteiger partial charge on any atom is -0.497 e. The fourth-order valence-corrected chi connectivity index (χ4v) is 3.07. The van der Waals surface area contributed by atoms with Gasteiger partial charge in [0.25, 0.3) is 0 Å². The molecule has 3 aromatic rings. The Labute approximate surface area is 165 Å². The number of ether oxygens (including phenoxy) is 2. The Morgan fingerprint density at radius 2 is 1.62 bits per heavy atom. The number of primary sulfonamides is 1. The Hall–Kier alpha value is -3.57. The van der Waals surface area contributed by atoms with Crippen LogP contribution >= 0.6 is 0 Å². The van der Waals surface area contributed by atoms with Crippen LogP contribution in [0, 0.1) is 0 Å². The van der Waals surface area contributed by atoms with Crippen LogP contribution in [-0.4, -0.2) is 49.4 Å². The average molecular weight is 416 g/mol.